The molecule has 2 aromatic rings. The maximum atomic E-state index is 14.3. The molecule has 1 nitrogen and oxygen atoms in total. The van der Waals surface area contributed by atoms with E-state index < -0.39 is 0 Å². The zero-order valence-electron chi connectivity index (χ0n) is 12.3. The molecule has 1 saturated carbocycles. The molecule has 110 valence electrons. The summed E-state index contributed by atoms with van der Waals surface area (Å²) in [5.41, 5.74) is 3.31. The van der Waals surface area contributed by atoms with Crippen molar-refractivity contribution >= 4 is 0 Å². The van der Waals surface area contributed by atoms with Crippen molar-refractivity contribution in [2.75, 3.05) is 0 Å². The van der Waals surface area contributed by atoms with Gasteiger partial charge in [-0.3, -0.25) is 0 Å². The molecule has 2 aromatic carbocycles. The first kappa shape index (κ1) is 14.2. The van der Waals surface area contributed by atoms with E-state index in [-0.39, 0.29) is 11.6 Å². The highest BCUT2D eigenvalue weighted by Gasteiger charge is 2.20. The van der Waals surface area contributed by atoms with Gasteiger partial charge in [0.05, 0.1) is 0 Å². The molecule has 3 rings (SSSR count). The summed E-state index contributed by atoms with van der Waals surface area (Å²) in [5.74, 6) is -0.741. The Morgan fingerprint density at radius 1 is 1.05 bits per heavy atom. The molecule has 21 heavy (non-hydrogen) atoms. The van der Waals surface area contributed by atoms with Crippen LogP contribution in [0.1, 0.15) is 29.5 Å². The predicted octanol–water partition coefficient (Wildman–Crippen LogP) is 4.50. The van der Waals surface area contributed by atoms with Crippen molar-refractivity contribution in [2.24, 2.45) is 0 Å². The Morgan fingerprint density at radius 2 is 1.81 bits per heavy atom. The van der Waals surface area contributed by atoms with Crippen molar-refractivity contribution in [3.8, 4) is 11.1 Å². The number of hydrogen-bond donors (Lipinski definition) is 1. The van der Waals surface area contributed by atoms with Crippen LogP contribution in [0.4, 0.5) is 8.78 Å². The predicted molar refractivity (Wildman–Crippen MR) is 81.1 cm³/mol. The van der Waals surface area contributed by atoms with E-state index in [4.69, 9.17) is 0 Å². The summed E-state index contributed by atoms with van der Waals surface area (Å²) < 4.78 is 28.4. The highest BCUT2D eigenvalue weighted by atomic mass is 19.1. The molecular weight excluding hydrogens is 268 g/mol. The summed E-state index contributed by atoms with van der Waals surface area (Å²) in [6, 6.07) is 8.87. The third-order valence-corrected chi connectivity index (χ3v) is 3.90. The fourth-order valence-electron chi connectivity index (χ4n) is 2.68. The molecule has 0 radical (unpaired) electrons. The fourth-order valence-corrected chi connectivity index (χ4v) is 2.68. The van der Waals surface area contributed by atoms with Gasteiger partial charge in [0, 0.05) is 23.7 Å². The molecule has 0 aliphatic heterocycles. The van der Waals surface area contributed by atoms with Crippen molar-refractivity contribution < 1.29 is 8.78 Å². The van der Waals surface area contributed by atoms with Crippen LogP contribution in [-0.4, -0.2) is 6.04 Å². The quantitative estimate of drug-likeness (QED) is 0.873. The van der Waals surface area contributed by atoms with Gasteiger partial charge in [-0.05, 0) is 61.6 Å². The third-order valence-electron chi connectivity index (χ3n) is 3.90. The van der Waals surface area contributed by atoms with Gasteiger partial charge in [0.2, 0.25) is 0 Å². The number of benzene rings is 2. The third kappa shape index (κ3) is 3.13. The molecular formula is C18H19F2N. The lowest BCUT2D eigenvalue weighted by molar-refractivity contribution is 0.613. The molecule has 1 N–H and O–H groups in total. The van der Waals surface area contributed by atoms with Crippen LogP contribution in [0.2, 0.25) is 0 Å². The number of hydrogen-bond acceptors (Lipinski definition) is 1. The molecule has 1 fully saturated rings. The number of rotatable bonds is 4. The molecule has 0 bridgehead atoms. The van der Waals surface area contributed by atoms with Crippen LogP contribution in [0, 0.1) is 25.5 Å². The second kappa shape index (κ2) is 5.57. The van der Waals surface area contributed by atoms with Gasteiger partial charge in [0.25, 0.3) is 0 Å². The maximum Gasteiger partial charge on any atom is 0.131 e. The Bertz CT molecular complexity index is 652. The van der Waals surface area contributed by atoms with Gasteiger partial charge in [-0.1, -0.05) is 12.1 Å². The van der Waals surface area contributed by atoms with Gasteiger partial charge in [0.1, 0.15) is 11.6 Å². The topological polar surface area (TPSA) is 12.0 Å². The molecule has 1 aliphatic carbocycles. The average molecular weight is 287 g/mol. The standard InChI is InChI=1S/C18H19F2N/c1-11-7-12(2)18(17(20)8-11)15-9-13(3-6-16(15)19)10-21-14-4-5-14/h3,6-9,14,21H,4-5,10H2,1-2H3. The van der Waals surface area contributed by atoms with E-state index in [1.807, 2.05) is 19.9 Å². The van der Waals surface area contributed by atoms with E-state index in [9.17, 15) is 8.78 Å². The van der Waals surface area contributed by atoms with Gasteiger partial charge < -0.3 is 5.32 Å². The van der Waals surface area contributed by atoms with E-state index in [1.165, 1.54) is 25.0 Å². The second-order valence-corrected chi connectivity index (χ2v) is 5.91. The van der Waals surface area contributed by atoms with E-state index >= 15 is 0 Å². The minimum atomic E-state index is -0.379. The molecule has 0 atom stereocenters. The molecule has 0 spiro atoms. The summed E-state index contributed by atoms with van der Waals surface area (Å²) in [4.78, 5) is 0. The number of nitrogens with one attached hydrogen (secondary N) is 1. The van der Waals surface area contributed by atoms with Crippen LogP contribution in [0.15, 0.2) is 30.3 Å². The minimum absolute atomic E-state index is 0.347. The number of aryl methyl sites for hydroxylation is 2. The van der Waals surface area contributed by atoms with Gasteiger partial charge >= 0.3 is 0 Å². The molecule has 0 amide bonds. The van der Waals surface area contributed by atoms with Gasteiger partial charge in [0.15, 0.2) is 0 Å². The summed E-state index contributed by atoms with van der Waals surface area (Å²) in [6.45, 7) is 4.36. The molecule has 0 saturated heterocycles. The Balaban J connectivity index is 1.98. The smallest absolute Gasteiger partial charge is 0.131 e. The first-order chi connectivity index (χ1) is 10.0. The summed E-state index contributed by atoms with van der Waals surface area (Å²) in [5, 5.41) is 3.39. The molecule has 0 unspecified atom stereocenters. The first-order valence-electron chi connectivity index (χ1n) is 7.33. The van der Waals surface area contributed by atoms with Crippen LogP contribution in [-0.2, 0) is 6.54 Å². The largest absolute Gasteiger partial charge is 0.310 e. The van der Waals surface area contributed by atoms with Gasteiger partial charge in [-0.2, -0.15) is 0 Å². The highest BCUT2D eigenvalue weighted by molar-refractivity contribution is 5.69. The van der Waals surface area contributed by atoms with Crippen LogP contribution < -0.4 is 5.32 Å². The number of halogens is 2. The summed E-state index contributed by atoms with van der Waals surface area (Å²) >= 11 is 0. The van der Waals surface area contributed by atoms with E-state index in [0.717, 1.165) is 16.7 Å². The normalized spacial score (nSPS) is 14.5. The maximum absolute atomic E-state index is 14.3. The lowest BCUT2D eigenvalue weighted by Crippen LogP contribution is -2.15. The fraction of sp³-hybridized carbons (Fsp3) is 0.333. The van der Waals surface area contributed by atoms with E-state index in [2.05, 4.69) is 5.32 Å². The lowest BCUT2D eigenvalue weighted by Gasteiger charge is -2.12. The van der Waals surface area contributed by atoms with Crippen molar-refractivity contribution in [1.82, 2.24) is 5.32 Å². The SMILES string of the molecule is Cc1cc(C)c(-c2cc(CNC3CC3)ccc2F)c(F)c1. The molecule has 3 heteroatoms. The summed E-state index contributed by atoms with van der Waals surface area (Å²) in [6.07, 6.45) is 2.42. The summed E-state index contributed by atoms with van der Waals surface area (Å²) in [7, 11) is 0. The molecule has 0 aromatic heterocycles. The zero-order valence-corrected chi connectivity index (χ0v) is 12.3. The van der Waals surface area contributed by atoms with Crippen LogP contribution in [0.25, 0.3) is 11.1 Å². The Kier molecular flexibility index (Phi) is 3.77. The van der Waals surface area contributed by atoms with Gasteiger partial charge in [-0.15, -0.1) is 0 Å². The van der Waals surface area contributed by atoms with Gasteiger partial charge in [-0.25, -0.2) is 8.78 Å². The molecule has 1 aliphatic rings. The monoisotopic (exact) mass is 287 g/mol. The zero-order chi connectivity index (χ0) is 15.0. The highest BCUT2D eigenvalue weighted by Crippen LogP contribution is 2.31. The van der Waals surface area contributed by atoms with Crippen molar-refractivity contribution in [1.29, 1.82) is 0 Å². The van der Waals surface area contributed by atoms with Crippen molar-refractivity contribution in [2.45, 2.75) is 39.3 Å². The van der Waals surface area contributed by atoms with Crippen molar-refractivity contribution in [3.05, 3.63) is 58.7 Å². The van der Waals surface area contributed by atoms with Crippen molar-refractivity contribution in [3.63, 3.8) is 0 Å². The van der Waals surface area contributed by atoms with Crippen LogP contribution >= 0.6 is 0 Å². The van der Waals surface area contributed by atoms with E-state index in [1.54, 1.807) is 12.1 Å². The Hall–Kier alpha value is -1.74. The average Bonchev–Trinajstić information content (AvgIpc) is 3.22. The first-order valence-corrected chi connectivity index (χ1v) is 7.33. The molecule has 0 heterocycles. The Labute approximate surface area is 124 Å². The lowest BCUT2D eigenvalue weighted by atomic mass is 9.96. The van der Waals surface area contributed by atoms with Crippen LogP contribution in [0.5, 0.6) is 0 Å². The second-order valence-electron chi connectivity index (χ2n) is 5.91. The minimum Gasteiger partial charge on any atom is -0.310 e. The van der Waals surface area contributed by atoms with E-state index in [0.29, 0.717) is 23.7 Å². The Morgan fingerprint density at radius 3 is 2.48 bits per heavy atom. The van der Waals surface area contributed by atoms with Crippen LogP contribution in [0.3, 0.4) is 0 Å².